The van der Waals surface area contributed by atoms with Crippen LogP contribution in [0.25, 0.3) is 0 Å². The number of nitrogens with zero attached hydrogens (tertiary/aromatic N) is 1. The maximum atomic E-state index is 12.4. The zero-order valence-electron chi connectivity index (χ0n) is 12.7. The normalized spacial score (nSPS) is 18.9. The molecule has 0 unspecified atom stereocenters. The fourth-order valence-corrected chi connectivity index (χ4v) is 2.72. The average Bonchev–Trinajstić information content (AvgIpc) is 2.92. The van der Waals surface area contributed by atoms with E-state index in [0.29, 0.717) is 12.7 Å². The van der Waals surface area contributed by atoms with E-state index in [1.165, 1.54) is 4.90 Å². The lowest BCUT2D eigenvalue weighted by Gasteiger charge is -2.28. The van der Waals surface area contributed by atoms with Gasteiger partial charge in [0.1, 0.15) is 18.9 Å². The molecule has 22 heavy (non-hydrogen) atoms. The van der Waals surface area contributed by atoms with Crippen LogP contribution in [0.4, 0.5) is 4.79 Å². The Balaban J connectivity index is 2.24. The molecular formula is C17H21NO4. The summed E-state index contributed by atoms with van der Waals surface area (Å²) in [5.41, 5.74) is 0.910. The van der Waals surface area contributed by atoms with Crippen molar-refractivity contribution in [1.29, 1.82) is 0 Å². The molecule has 0 saturated carbocycles. The summed E-state index contributed by atoms with van der Waals surface area (Å²) in [5, 5.41) is 0. The van der Waals surface area contributed by atoms with Crippen LogP contribution >= 0.6 is 0 Å². The Morgan fingerprint density at radius 1 is 1.41 bits per heavy atom. The van der Waals surface area contributed by atoms with Crippen LogP contribution in [-0.2, 0) is 14.3 Å². The fourth-order valence-electron chi connectivity index (χ4n) is 2.72. The van der Waals surface area contributed by atoms with Crippen molar-refractivity contribution in [3.63, 3.8) is 0 Å². The van der Waals surface area contributed by atoms with Gasteiger partial charge >= 0.3 is 6.09 Å². The molecule has 1 aromatic carbocycles. The minimum absolute atomic E-state index is 0.0149. The van der Waals surface area contributed by atoms with Crippen molar-refractivity contribution in [3.8, 4) is 0 Å². The van der Waals surface area contributed by atoms with Crippen molar-refractivity contribution in [1.82, 2.24) is 4.90 Å². The van der Waals surface area contributed by atoms with Crippen LogP contribution in [0.15, 0.2) is 30.3 Å². The smallest absolute Gasteiger partial charge is 0.411 e. The zero-order valence-corrected chi connectivity index (χ0v) is 12.7. The highest BCUT2D eigenvalue weighted by Crippen LogP contribution is 2.31. The number of ketones is 1. The molecule has 0 N–H and O–H groups in total. The van der Waals surface area contributed by atoms with Crippen molar-refractivity contribution in [2.75, 3.05) is 6.61 Å². The Hall–Kier alpha value is -2.17. The van der Waals surface area contributed by atoms with E-state index < -0.39 is 12.1 Å². The maximum absolute atomic E-state index is 12.4. The molecule has 1 aliphatic rings. The fraction of sp³-hybridized carbons (Fsp3) is 0.471. The summed E-state index contributed by atoms with van der Waals surface area (Å²) in [6.45, 7) is 2.21. The lowest BCUT2D eigenvalue weighted by Crippen LogP contribution is -2.43. The van der Waals surface area contributed by atoms with Gasteiger partial charge in [-0.05, 0) is 12.0 Å². The summed E-state index contributed by atoms with van der Waals surface area (Å²) >= 11 is 0. The molecule has 0 aliphatic carbocycles. The van der Waals surface area contributed by atoms with Gasteiger partial charge in [-0.1, -0.05) is 43.7 Å². The monoisotopic (exact) mass is 303 g/mol. The lowest BCUT2D eigenvalue weighted by atomic mass is 9.99. The van der Waals surface area contributed by atoms with Crippen molar-refractivity contribution < 1.29 is 19.1 Å². The number of hydrogen-bond acceptors (Lipinski definition) is 4. The van der Waals surface area contributed by atoms with Gasteiger partial charge in [-0.15, -0.1) is 0 Å². The molecule has 5 nitrogen and oxygen atoms in total. The largest absolute Gasteiger partial charge is 0.447 e. The molecule has 5 heteroatoms. The highest BCUT2D eigenvalue weighted by Gasteiger charge is 2.41. The van der Waals surface area contributed by atoms with E-state index in [2.05, 4.69) is 0 Å². The number of Topliss-reactive ketones (excluding diaryl/α,β-unsaturated/α-hetero) is 1. The van der Waals surface area contributed by atoms with Gasteiger partial charge in [0.05, 0.1) is 6.04 Å². The van der Waals surface area contributed by atoms with Crippen molar-refractivity contribution in [2.24, 2.45) is 0 Å². The maximum Gasteiger partial charge on any atom is 0.411 e. The molecule has 1 saturated heterocycles. The highest BCUT2D eigenvalue weighted by atomic mass is 16.6. The average molecular weight is 303 g/mol. The number of aldehydes is 1. The molecule has 2 rings (SSSR count). The topological polar surface area (TPSA) is 63.7 Å². The Labute approximate surface area is 130 Å². The minimum Gasteiger partial charge on any atom is -0.447 e. The van der Waals surface area contributed by atoms with E-state index >= 15 is 0 Å². The summed E-state index contributed by atoms with van der Waals surface area (Å²) < 4.78 is 5.13. The van der Waals surface area contributed by atoms with E-state index in [4.69, 9.17) is 4.74 Å². The molecule has 0 radical (unpaired) electrons. The highest BCUT2D eigenvalue weighted by molar-refractivity contribution is 5.90. The number of rotatable bonds is 8. The van der Waals surface area contributed by atoms with Gasteiger partial charge in [-0.2, -0.15) is 0 Å². The Morgan fingerprint density at radius 3 is 2.77 bits per heavy atom. The number of carbonyl (C=O) groups excluding carboxylic acids is 3. The van der Waals surface area contributed by atoms with Gasteiger partial charge < -0.3 is 9.53 Å². The van der Waals surface area contributed by atoms with Crippen LogP contribution in [0.2, 0.25) is 0 Å². The Morgan fingerprint density at radius 2 is 2.14 bits per heavy atom. The second-order valence-electron chi connectivity index (χ2n) is 5.40. The molecule has 1 amide bonds. The van der Waals surface area contributed by atoms with Crippen molar-refractivity contribution in [2.45, 2.75) is 44.7 Å². The summed E-state index contributed by atoms with van der Waals surface area (Å²) in [4.78, 5) is 36.9. The SMILES string of the molecule is CCCCC(=O)[C@H](CC=O)N1C(=O)OC[C@H]1c1ccccc1. The molecule has 1 fully saturated rings. The quantitative estimate of drug-likeness (QED) is 0.693. The van der Waals surface area contributed by atoms with Crippen LogP contribution in [0.1, 0.15) is 44.2 Å². The third-order valence-corrected chi connectivity index (χ3v) is 3.90. The lowest BCUT2D eigenvalue weighted by molar-refractivity contribution is -0.126. The molecule has 1 aliphatic heterocycles. The van der Waals surface area contributed by atoms with Gasteiger partial charge in [0, 0.05) is 12.8 Å². The number of carbonyl (C=O) groups is 3. The van der Waals surface area contributed by atoms with Crippen LogP contribution in [0, 0.1) is 0 Å². The van der Waals surface area contributed by atoms with Gasteiger partial charge in [-0.25, -0.2) is 4.79 Å². The van der Waals surface area contributed by atoms with E-state index in [9.17, 15) is 14.4 Å². The van der Waals surface area contributed by atoms with Crippen molar-refractivity contribution >= 4 is 18.2 Å². The summed E-state index contributed by atoms with van der Waals surface area (Å²) in [7, 11) is 0. The molecule has 118 valence electrons. The third-order valence-electron chi connectivity index (χ3n) is 3.90. The van der Waals surface area contributed by atoms with E-state index in [-0.39, 0.29) is 24.9 Å². The van der Waals surface area contributed by atoms with Crippen LogP contribution < -0.4 is 0 Å². The standard InChI is InChI=1S/C17H21NO4/c1-2-3-9-16(20)14(10-11-19)18-15(12-22-17(18)21)13-7-5-4-6-8-13/h4-8,11,14-15H,2-3,9-10,12H2,1H3/t14-,15-/m0/s1. The molecule has 0 spiro atoms. The zero-order chi connectivity index (χ0) is 15.9. The van der Waals surface area contributed by atoms with E-state index in [0.717, 1.165) is 18.4 Å². The second kappa shape index (κ2) is 7.73. The van der Waals surface area contributed by atoms with Crippen molar-refractivity contribution in [3.05, 3.63) is 35.9 Å². The second-order valence-corrected chi connectivity index (χ2v) is 5.40. The van der Waals surface area contributed by atoms with E-state index in [1.807, 2.05) is 37.3 Å². The Kier molecular flexibility index (Phi) is 5.69. The first kappa shape index (κ1) is 16.2. The molecule has 1 aromatic rings. The summed E-state index contributed by atoms with van der Waals surface area (Å²) in [5.74, 6) is -0.0752. The van der Waals surface area contributed by atoms with Gasteiger partial charge in [0.15, 0.2) is 5.78 Å². The van der Waals surface area contributed by atoms with E-state index in [1.54, 1.807) is 0 Å². The minimum atomic E-state index is -0.732. The van der Waals surface area contributed by atoms with Crippen LogP contribution in [0.3, 0.4) is 0 Å². The predicted molar refractivity (Wildman–Crippen MR) is 81.4 cm³/mol. The van der Waals surface area contributed by atoms with Gasteiger partial charge in [0.2, 0.25) is 0 Å². The number of hydrogen-bond donors (Lipinski definition) is 0. The molecule has 1 heterocycles. The van der Waals surface area contributed by atoms with Crippen LogP contribution in [-0.4, -0.2) is 35.7 Å². The summed E-state index contributed by atoms with van der Waals surface area (Å²) in [6, 6.07) is 8.39. The van der Waals surface area contributed by atoms with Gasteiger partial charge in [0.25, 0.3) is 0 Å². The van der Waals surface area contributed by atoms with Crippen LogP contribution in [0.5, 0.6) is 0 Å². The first-order chi connectivity index (χ1) is 10.7. The number of amides is 1. The molecular weight excluding hydrogens is 282 g/mol. The van der Waals surface area contributed by atoms with Gasteiger partial charge in [-0.3, -0.25) is 9.69 Å². The molecule has 0 bridgehead atoms. The first-order valence-electron chi connectivity index (χ1n) is 7.65. The first-order valence-corrected chi connectivity index (χ1v) is 7.65. The third kappa shape index (κ3) is 3.53. The predicted octanol–water partition coefficient (Wildman–Crippen LogP) is 2.90. The number of benzene rings is 1. The number of cyclic esters (lactones) is 1. The summed E-state index contributed by atoms with van der Waals surface area (Å²) in [6.07, 6.45) is 2.22. The Bertz CT molecular complexity index is 529. The number of unbranched alkanes of at least 4 members (excludes halogenated alkanes) is 1. The molecule has 0 aromatic heterocycles. The number of ether oxygens (including phenoxy) is 1. The molecule has 2 atom stereocenters.